The second-order valence-corrected chi connectivity index (χ2v) is 6.14. The summed E-state index contributed by atoms with van der Waals surface area (Å²) in [6.45, 7) is 4.34. The van der Waals surface area contributed by atoms with Crippen LogP contribution in [0, 0.1) is 19.8 Å². The molecule has 0 bridgehead atoms. The number of aryl methyl sites for hydroxylation is 2. The number of carbonyl (C=O) groups excluding carboxylic acids is 1. The molecule has 104 valence electrons. The van der Waals surface area contributed by atoms with Gasteiger partial charge >= 0.3 is 0 Å². The van der Waals surface area contributed by atoms with Gasteiger partial charge < -0.3 is 4.90 Å². The van der Waals surface area contributed by atoms with Crippen LogP contribution < -0.4 is 0 Å². The Labute approximate surface area is 116 Å². The van der Waals surface area contributed by atoms with Gasteiger partial charge in [0.2, 0.25) is 0 Å². The summed E-state index contributed by atoms with van der Waals surface area (Å²) in [6.07, 6.45) is 3.60. The number of nitrogens with zero attached hydrogens (tertiary/aromatic N) is 1. The summed E-state index contributed by atoms with van der Waals surface area (Å²) in [7, 11) is 4.31. The van der Waals surface area contributed by atoms with E-state index in [1.807, 2.05) is 0 Å². The lowest BCUT2D eigenvalue weighted by Gasteiger charge is -2.35. The molecule has 19 heavy (non-hydrogen) atoms. The quantitative estimate of drug-likeness (QED) is 0.825. The van der Waals surface area contributed by atoms with E-state index in [0.29, 0.717) is 17.7 Å². The Morgan fingerprint density at radius 2 is 1.79 bits per heavy atom. The molecule has 1 fully saturated rings. The molecule has 1 aromatic rings. The van der Waals surface area contributed by atoms with Crippen molar-refractivity contribution in [3.63, 3.8) is 0 Å². The molecule has 1 saturated carbocycles. The lowest BCUT2D eigenvalue weighted by molar-refractivity contribution is -0.121. The smallest absolute Gasteiger partial charge is 0.132 e. The molecule has 0 heterocycles. The summed E-state index contributed by atoms with van der Waals surface area (Å²) >= 11 is 0. The molecular formula is C17H25NO. The van der Waals surface area contributed by atoms with Crippen LogP contribution >= 0.6 is 0 Å². The Bertz CT molecular complexity index is 454. The van der Waals surface area contributed by atoms with Crippen LogP contribution in [0.15, 0.2) is 18.2 Å². The minimum absolute atomic E-state index is 0.439. The topological polar surface area (TPSA) is 20.3 Å². The summed E-state index contributed by atoms with van der Waals surface area (Å²) in [5.41, 5.74) is 4.11. The normalized spacial score (nSPS) is 18.9. The number of ketones is 1. The van der Waals surface area contributed by atoms with Gasteiger partial charge in [-0.05, 0) is 57.8 Å². The monoisotopic (exact) mass is 259 g/mol. The van der Waals surface area contributed by atoms with Crippen LogP contribution in [0.25, 0.3) is 0 Å². The molecule has 0 aliphatic heterocycles. The molecule has 2 heteroatoms. The first-order chi connectivity index (χ1) is 8.99. The molecular weight excluding hydrogens is 234 g/mol. The Hall–Kier alpha value is -1.15. The Morgan fingerprint density at radius 3 is 2.32 bits per heavy atom. The van der Waals surface area contributed by atoms with Crippen molar-refractivity contribution in [3.8, 4) is 0 Å². The first-order valence-electron chi connectivity index (χ1n) is 7.24. The van der Waals surface area contributed by atoms with Gasteiger partial charge in [-0.3, -0.25) is 4.79 Å². The van der Waals surface area contributed by atoms with E-state index in [9.17, 15) is 4.79 Å². The van der Waals surface area contributed by atoms with E-state index in [1.165, 1.54) is 16.7 Å². The van der Waals surface area contributed by atoms with Crippen LogP contribution in [0.1, 0.15) is 48.4 Å². The van der Waals surface area contributed by atoms with Crippen LogP contribution in [0.5, 0.6) is 0 Å². The highest BCUT2D eigenvalue weighted by atomic mass is 16.1. The number of rotatable bonds is 3. The number of benzene rings is 1. The molecule has 0 amide bonds. The van der Waals surface area contributed by atoms with Crippen molar-refractivity contribution in [3.05, 3.63) is 34.9 Å². The third-order valence-corrected chi connectivity index (χ3v) is 4.33. The van der Waals surface area contributed by atoms with Crippen LogP contribution in [0.3, 0.4) is 0 Å². The number of Topliss-reactive ketones (excluding diaryl/α,β-unsaturated/α-hetero) is 1. The zero-order chi connectivity index (χ0) is 14.0. The second-order valence-electron chi connectivity index (χ2n) is 6.14. The Kier molecular flexibility index (Phi) is 4.41. The Morgan fingerprint density at radius 1 is 1.16 bits per heavy atom. The molecule has 1 aliphatic carbocycles. The van der Waals surface area contributed by atoms with Crippen molar-refractivity contribution in [1.29, 1.82) is 0 Å². The second kappa shape index (κ2) is 5.87. The molecule has 2 nitrogen and oxygen atoms in total. The average molecular weight is 259 g/mol. The molecule has 0 N–H and O–H groups in total. The molecule has 1 aromatic carbocycles. The van der Waals surface area contributed by atoms with Crippen molar-refractivity contribution in [2.75, 3.05) is 14.1 Å². The van der Waals surface area contributed by atoms with E-state index in [2.05, 4.69) is 51.0 Å². The van der Waals surface area contributed by atoms with Crippen molar-refractivity contribution in [2.24, 2.45) is 5.92 Å². The van der Waals surface area contributed by atoms with Gasteiger partial charge in [-0.15, -0.1) is 0 Å². The standard InChI is InChI=1S/C17H25NO/c1-12-5-10-16(13(2)11-12)17(18(3)4)14-6-8-15(19)9-7-14/h5,10-11,14,17H,6-9H2,1-4H3. The maximum Gasteiger partial charge on any atom is 0.132 e. The van der Waals surface area contributed by atoms with Crippen molar-refractivity contribution >= 4 is 5.78 Å². The SMILES string of the molecule is Cc1ccc(C(C2CCC(=O)CC2)N(C)C)c(C)c1. The molecule has 2 rings (SSSR count). The third kappa shape index (κ3) is 3.24. The predicted octanol–water partition coefficient (Wildman–Crippen LogP) is 3.67. The number of carbonyl (C=O) groups is 1. The van der Waals surface area contributed by atoms with E-state index >= 15 is 0 Å². The van der Waals surface area contributed by atoms with Gasteiger partial charge in [-0.1, -0.05) is 23.8 Å². The predicted molar refractivity (Wildman–Crippen MR) is 79.3 cm³/mol. The Balaban J connectivity index is 2.27. The van der Waals surface area contributed by atoms with Crippen LogP contribution in [0.4, 0.5) is 0 Å². The average Bonchev–Trinajstić information content (AvgIpc) is 2.34. The lowest BCUT2D eigenvalue weighted by atomic mass is 9.79. The van der Waals surface area contributed by atoms with Gasteiger partial charge in [0.1, 0.15) is 5.78 Å². The fourth-order valence-corrected chi connectivity index (χ4v) is 3.39. The van der Waals surface area contributed by atoms with Gasteiger partial charge in [-0.2, -0.15) is 0 Å². The molecule has 1 unspecified atom stereocenters. The zero-order valence-electron chi connectivity index (χ0n) is 12.6. The molecule has 0 radical (unpaired) electrons. The third-order valence-electron chi connectivity index (χ3n) is 4.33. The highest BCUT2D eigenvalue weighted by Gasteiger charge is 2.29. The molecule has 0 aromatic heterocycles. The van der Waals surface area contributed by atoms with Gasteiger partial charge in [0.15, 0.2) is 0 Å². The van der Waals surface area contributed by atoms with Gasteiger partial charge in [0.25, 0.3) is 0 Å². The van der Waals surface area contributed by atoms with Crippen LogP contribution in [-0.2, 0) is 4.79 Å². The first kappa shape index (κ1) is 14.3. The van der Waals surface area contributed by atoms with Crippen LogP contribution in [0.2, 0.25) is 0 Å². The van der Waals surface area contributed by atoms with Gasteiger partial charge in [0.05, 0.1) is 0 Å². The highest BCUT2D eigenvalue weighted by Crippen LogP contribution is 2.37. The zero-order valence-corrected chi connectivity index (χ0v) is 12.6. The largest absolute Gasteiger partial charge is 0.302 e. The maximum atomic E-state index is 11.4. The van der Waals surface area contributed by atoms with Crippen molar-refractivity contribution < 1.29 is 4.79 Å². The molecule has 1 atom stereocenters. The van der Waals surface area contributed by atoms with E-state index in [4.69, 9.17) is 0 Å². The minimum atomic E-state index is 0.439. The van der Waals surface area contributed by atoms with Gasteiger partial charge in [-0.25, -0.2) is 0 Å². The minimum Gasteiger partial charge on any atom is -0.302 e. The summed E-state index contributed by atoms with van der Waals surface area (Å²) in [5.74, 6) is 1.04. The van der Waals surface area contributed by atoms with Crippen LogP contribution in [-0.4, -0.2) is 24.8 Å². The van der Waals surface area contributed by atoms with E-state index in [1.54, 1.807) is 0 Å². The highest BCUT2D eigenvalue weighted by molar-refractivity contribution is 5.79. The van der Waals surface area contributed by atoms with E-state index in [0.717, 1.165) is 25.7 Å². The summed E-state index contributed by atoms with van der Waals surface area (Å²) < 4.78 is 0. The van der Waals surface area contributed by atoms with Gasteiger partial charge in [0, 0.05) is 18.9 Å². The first-order valence-corrected chi connectivity index (χ1v) is 7.24. The summed E-state index contributed by atoms with van der Waals surface area (Å²) in [4.78, 5) is 13.8. The summed E-state index contributed by atoms with van der Waals surface area (Å²) in [6, 6.07) is 7.17. The van der Waals surface area contributed by atoms with E-state index < -0.39 is 0 Å². The molecule has 0 saturated heterocycles. The fourth-order valence-electron chi connectivity index (χ4n) is 3.39. The fraction of sp³-hybridized carbons (Fsp3) is 0.588. The maximum absolute atomic E-state index is 11.4. The van der Waals surface area contributed by atoms with E-state index in [-0.39, 0.29) is 0 Å². The number of hydrogen-bond donors (Lipinski definition) is 0. The van der Waals surface area contributed by atoms with Crippen molar-refractivity contribution in [1.82, 2.24) is 4.90 Å². The summed E-state index contributed by atoms with van der Waals surface area (Å²) in [5, 5.41) is 0. The lowest BCUT2D eigenvalue weighted by Crippen LogP contribution is -2.31. The molecule has 0 spiro atoms. The van der Waals surface area contributed by atoms with Crippen molar-refractivity contribution in [2.45, 2.75) is 45.6 Å². The number of hydrogen-bond acceptors (Lipinski definition) is 2. The molecule has 1 aliphatic rings.